The van der Waals surface area contributed by atoms with Crippen LogP contribution in [0.25, 0.3) is 0 Å². The van der Waals surface area contributed by atoms with Crippen LogP contribution in [0.15, 0.2) is 18.2 Å². The fourth-order valence-corrected chi connectivity index (χ4v) is 3.92. The van der Waals surface area contributed by atoms with Gasteiger partial charge in [-0.05, 0) is 42.4 Å². The molecule has 0 N–H and O–H groups in total. The molecule has 1 aromatic rings. The van der Waals surface area contributed by atoms with Crippen molar-refractivity contribution in [3.8, 4) is 0 Å². The molecule has 27 heavy (non-hydrogen) atoms. The Bertz CT molecular complexity index is 649. The fourth-order valence-electron chi connectivity index (χ4n) is 3.92. The molecule has 1 amide bonds. The number of halogens is 3. The zero-order valence-electron chi connectivity index (χ0n) is 15.7. The van der Waals surface area contributed by atoms with E-state index in [-0.39, 0.29) is 11.8 Å². The number of likely N-dealkylation sites (tertiary alicyclic amines) is 1. The number of piperidine rings is 1. The highest BCUT2D eigenvalue weighted by molar-refractivity contribution is 5.78. The zero-order chi connectivity index (χ0) is 19.4. The molecule has 0 bridgehead atoms. The molecular formula is C20H27F3N2O2. The first-order valence-electron chi connectivity index (χ1n) is 9.66. The standard InChI is InChI=1S/C20H27F3N2O2/c1-2-15-3-4-17(18(13-15)20(21,22)23)16-5-7-25(8-6-16)19(26)14-24-9-11-27-12-10-24/h3-4,13,16H,2,5-12,14H2,1H3. The van der Waals surface area contributed by atoms with Crippen LogP contribution in [0.2, 0.25) is 0 Å². The van der Waals surface area contributed by atoms with E-state index in [1.807, 2.05) is 6.92 Å². The van der Waals surface area contributed by atoms with Crippen LogP contribution in [0.5, 0.6) is 0 Å². The summed E-state index contributed by atoms with van der Waals surface area (Å²) in [7, 11) is 0. The predicted molar refractivity (Wildman–Crippen MR) is 96.6 cm³/mol. The molecule has 4 nitrogen and oxygen atoms in total. The van der Waals surface area contributed by atoms with Gasteiger partial charge in [0.15, 0.2) is 0 Å². The third-order valence-electron chi connectivity index (χ3n) is 5.58. The van der Waals surface area contributed by atoms with Crippen LogP contribution in [-0.4, -0.2) is 61.6 Å². The minimum atomic E-state index is -4.34. The first kappa shape index (κ1) is 20.1. The molecule has 2 fully saturated rings. The Labute approximate surface area is 158 Å². The fraction of sp³-hybridized carbons (Fsp3) is 0.650. The van der Waals surface area contributed by atoms with Crippen molar-refractivity contribution >= 4 is 5.91 Å². The molecule has 2 aliphatic heterocycles. The zero-order valence-corrected chi connectivity index (χ0v) is 15.7. The number of rotatable bonds is 4. The third kappa shape index (κ3) is 5.02. The van der Waals surface area contributed by atoms with E-state index >= 15 is 0 Å². The predicted octanol–water partition coefficient (Wildman–Crippen LogP) is 3.31. The first-order chi connectivity index (χ1) is 12.9. The molecule has 0 unspecified atom stereocenters. The summed E-state index contributed by atoms with van der Waals surface area (Å²) in [6.07, 6.45) is -2.62. The number of hydrogen-bond acceptors (Lipinski definition) is 3. The summed E-state index contributed by atoms with van der Waals surface area (Å²) in [5, 5.41) is 0. The van der Waals surface area contributed by atoms with Gasteiger partial charge in [0.2, 0.25) is 5.91 Å². The van der Waals surface area contributed by atoms with E-state index in [4.69, 9.17) is 4.74 Å². The largest absolute Gasteiger partial charge is 0.416 e. The van der Waals surface area contributed by atoms with E-state index in [9.17, 15) is 18.0 Å². The molecule has 7 heteroatoms. The van der Waals surface area contributed by atoms with Crippen LogP contribution in [-0.2, 0) is 22.1 Å². The van der Waals surface area contributed by atoms with E-state index in [2.05, 4.69) is 4.90 Å². The molecule has 0 saturated carbocycles. The number of morpholine rings is 1. The molecule has 0 spiro atoms. The highest BCUT2D eigenvalue weighted by atomic mass is 19.4. The maximum atomic E-state index is 13.5. The average molecular weight is 384 g/mol. The van der Waals surface area contributed by atoms with Crippen molar-refractivity contribution in [3.05, 3.63) is 34.9 Å². The van der Waals surface area contributed by atoms with E-state index in [1.54, 1.807) is 17.0 Å². The number of hydrogen-bond donors (Lipinski definition) is 0. The number of aryl methyl sites for hydroxylation is 1. The van der Waals surface area contributed by atoms with Crippen LogP contribution in [0.3, 0.4) is 0 Å². The molecule has 2 saturated heterocycles. The maximum absolute atomic E-state index is 13.5. The van der Waals surface area contributed by atoms with Crippen LogP contribution in [0.4, 0.5) is 13.2 Å². The summed E-state index contributed by atoms with van der Waals surface area (Å²) in [6, 6.07) is 4.71. The van der Waals surface area contributed by atoms with Gasteiger partial charge in [0.1, 0.15) is 0 Å². The number of nitrogens with zero attached hydrogens (tertiary/aromatic N) is 2. The lowest BCUT2D eigenvalue weighted by atomic mass is 9.85. The second-order valence-electron chi connectivity index (χ2n) is 7.32. The molecular weight excluding hydrogens is 357 g/mol. The quantitative estimate of drug-likeness (QED) is 0.799. The van der Waals surface area contributed by atoms with Crippen LogP contribution >= 0.6 is 0 Å². The molecule has 0 radical (unpaired) electrons. The Hall–Kier alpha value is -1.60. The minimum Gasteiger partial charge on any atom is -0.379 e. The Morgan fingerprint density at radius 3 is 2.41 bits per heavy atom. The smallest absolute Gasteiger partial charge is 0.379 e. The molecule has 2 heterocycles. The third-order valence-corrected chi connectivity index (χ3v) is 5.58. The Kier molecular flexibility index (Phi) is 6.42. The Balaban J connectivity index is 1.62. The molecule has 0 aliphatic carbocycles. The van der Waals surface area contributed by atoms with Gasteiger partial charge in [-0.15, -0.1) is 0 Å². The number of carbonyl (C=O) groups excluding carboxylic acids is 1. The first-order valence-corrected chi connectivity index (χ1v) is 9.66. The lowest BCUT2D eigenvalue weighted by Crippen LogP contribution is -2.46. The molecule has 3 rings (SSSR count). The van der Waals surface area contributed by atoms with Gasteiger partial charge in [-0.3, -0.25) is 9.69 Å². The monoisotopic (exact) mass is 384 g/mol. The Morgan fingerprint density at radius 2 is 1.81 bits per heavy atom. The summed E-state index contributed by atoms with van der Waals surface area (Å²) in [5.74, 6) is -0.0901. The summed E-state index contributed by atoms with van der Waals surface area (Å²) >= 11 is 0. The van der Waals surface area contributed by atoms with Gasteiger partial charge in [0, 0.05) is 26.2 Å². The van der Waals surface area contributed by atoms with Crippen molar-refractivity contribution in [2.75, 3.05) is 45.9 Å². The van der Waals surface area contributed by atoms with E-state index in [0.717, 1.165) is 13.1 Å². The van der Waals surface area contributed by atoms with Gasteiger partial charge in [-0.1, -0.05) is 19.1 Å². The second-order valence-corrected chi connectivity index (χ2v) is 7.32. The highest BCUT2D eigenvalue weighted by Crippen LogP contribution is 2.39. The highest BCUT2D eigenvalue weighted by Gasteiger charge is 2.36. The number of ether oxygens (including phenoxy) is 1. The minimum absolute atomic E-state index is 0.0627. The van der Waals surface area contributed by atoms with Gasteiger partial charge in [0.05, 0.1) is 25.3 Å². The van der Waals surface area contributed by atoms with Gasteiger partial charge in [-0.25, -0.2) is 0 Å². The van der Waals surface area contributed by atoms with Gasteiger partial charge in [0.25, 0.3) is 0 Å². The number of carbonyl (C=O) groups is 1. The Morgan fingerprint density at radius 1 is 1.15 bits per heavy atom. The van der Waals surface area contributed by atoms with Crippen LogP contribution in [0.1, 0.15) is 42.4 Å². The SMILES string of the molecule is CCc1ccc(C2CCN(C(=O)CN3CCOCC3)CC2)c(C(F)(F)F)c1. The van der Waals surface area contributed by atoms with Crippen molar-refractivity contribution in [1.29, 1.82) is 0 Å². The van der Waals surface area contributed by atoms with Crippen molar-refractivity contribution in [2.45, 2.75) is 38.3 Å². The lowest BCUT2D eigenvalue weighted by Gasteiger charge is -2.35. The van der Waals surface area contributed by atoms with Crippen molar-refractivity contribution in [2.24, 2.45) is 0 Å². The maximum Gasteiger partial charge on any atom is 0.416 e. The average Bonchev–Trinajstić information content (AvgIpc) is 2.67. The summed E-state index contributed by atoms with van der Waals surface area (Å²) < 4.78 is 45.8. The van der Waals surface area contributed by atoms with Gasteiger partial charge >= 0.3 is 6.18 Å². The van der Waals surface area contributed by atoms with Gasteiger partial charge < -0.3 is 9.64 Å². The van der Waals surface area contributed by atoms with Crippen LogP contribution < -0.4 is 0 Å². The number of benzene rings is 1. The van der Waals surface area contributed by atoms with Crippen molar-refractivity contribution in [1.82, 2.24) is 9.80 Å². The molecule has 150 valence electrons. The van der Waals surface area contributed by atoms with E-state index in [1.165, 1.54) is 6.07 Å². The number of amides is 1. The lowest BCUT2D eigenvalue weighted by molar-refractivity contribution is -0.139. The molecule has 1 aromatic carbocycles. The molecule has 0 atom stereocenters. The van der Waals surface area contributed by atoms with E-state index in [0.29, 0.717) is 63.2 Å². The van der Waals surface area contributed by atoms with E-state index < -0.39 is 11.7 Å². The van der Waals surface area contributed by atoms with Crippen LogP contribution in [0, 0.1) is 0 Å². The van der Waals surface area contributed by atoms with Gasteiger partial charge in [-0.2, -0.15) is 13.2 Å². The topological polar surface area (TPSA) is 32.8 Å². The second kappa shape index (κ2) is 8.61. The normalized spacial score (nSPS) is 20.1. The summed E-state index contributed by atoms with van der Waals surface area (Å²) in [6.45, 7) is 6.04. The number of alkyl halides is 3. The summed E-state index contributed by atoms with van der Waals surface area (Å²) in [4.78, 5) is 16.3. The van der Waals surface area contributed by atoms with Crippen molar-refractivity contribution in [3.63, 3.8) is 0 Å². The molecule has 2 aliphatic rings. The summed E-state index contributed by atoms with van der Waals surface area (Å²) in [5.41, 5.74) is 0.559. The van der Waals surface area contributed by atoms with Crippen molar-refractivity contribution < 1.29 is 22.7 Å². The molecule has 0 aromatic heterocycles.